The van der Waals surface area contributed by atoms with Gasteiger partial charge in [0.2, 0.25) is 0 Å². The zero-order valence-electron chi connectivity index (χ0n) is 8.20. The molecule has 0 bridgehead atoms. The van der Waals surface area contributed by atoms with Crippen LogP contribution in [0.3, 0.4) is 0 Å². The third kappa shape index (κ3) is 1.81. The van der Waals surface area contributed by atoms with Crippen LogP contribution in [-0.2, 0) is 12.6 Å². The fourth-order valence-corrected chi connectivity index (χ4v) is 1.86. The van der Waals surface area contributed by atoms with Crippen LogP contribution in [0.4, 0.5) is 17.6 Å². The van der Waals surface area contributed by atoms with Crippen molar-refractivity contribution in [2.75, 3.05) is 0 Å². The molecule has 1 aliphatic carbocycles. The molecule has 0 fully saturated rings. The van der Waals surface area contributed by atoms with E-state index in [-0.39, 0.29) is 17.5 Å². The minimum absolute atomic E-state index is 0.112. The van der Waals surface area contributed by atoms with Crippen LogP contribution in [0.1, 0.15) is 34.3 Å². The third-order valence-electron chi connectivity index (χ3n) is 2.65. The quantitative estimate of drug-likeness (QED) is 0.627. The Hall–Kier alpha value is -1.39. The summed E-state index contributed by atoms with van der Waals surface area (Å²) in [7, 11) is 0. The smallest absolute Gasteiger partial charge is 0.294 e. The predicted molar refractivity (Wildman–Crippen MR) is 48.7 cm³/mol. The number of carbonyl (C=O) groups excluding carboxylic acids is 1. The topological polar surface area (TPSA) is 17.1 Å². The molecule has 0 aliphatic heterocycles. The number of fused-ring (bicyclic) bond motifs is 1. The van der Waals surface area contributed by atoms with E-state index < -0.39 is 23.3 Å². The fourth-order valence-electron chi connectivity index (χ4n) is 1.86. The summed E-state index contributed by atoms with van der Waals surface area (Å²) >= 11 is 0. The van der Waals surface area contributed by atoms with Crippen molar-refractivity contribution in [3.05, 3.63) is 34.6 Å². The molecule has 1 aliphatic rings. The standard InChI is InChI=1S/C11H8F4O/c12-9-5-6(11(13,14)15)4-8-7(9)2-1-3-10(8)16/h4-5H,1-3H2. The van der Waals surface area contributed by atoms with Crippen LogP contribution in [0.15, 0.2) is 12.1 Å². The van der Waals surface area contributed by atoms with E-state index in [1.165, 1.54) is 0 Å². The Morgan fingerprint density at radius 2 is 1.81 bits per heavy atom. The lowest BCUT2D eigenvalue weighted by Crippen LogP contribution is -2.16. The largest absolute Gasteiger partial charge is 0.416 e. The maximum Gasteiger partial charge on any atom is 0.416 e. The molecule has 86 valence electrons. The van der Waals surface area contributed by atoms with Gasteiger partial charge in [-0.1, -0.05) is 0 Å². The molecule has 0 saturated carbocycles. The Bertz CT molecular complexity index is 448. The first-order valence-corrected chi connectivity index (χ1v) is 4.82. The van der Waals surface area contributed by atoms with Crippen molar-refractivity contribution in [2.45, 2.75) is 25.4 Å². The Morgan fingerprint density at radius 1 is 1.12 bits per heavy atom. The van der Waals surface area contributed by atoms with Gasteiger partial charge in [0, 0.05) is 12.0 Å². The zero-order valence-corrected chi connectivity index (χ0v) is 8.20. The number of hydrogen-bond acceptors (Lipinski definition) is 1. The van der Waals surface area contributed by atoms with Crippen molar-refractivity contribution < 1.29 is 22.4 Å². The summed E-state index contributed by atoms with van der Waals surface area (Å²) in [5, 5.41) is 0. The summed E-state index contributed by atoms with van der Waals surface area (Å²) in [4.78, 5) is 11.4. The molecule has 1 nitrogen and oxygen atoms in total. The molecule has 0 unspecified atom stereocenters. The molecule has 0 aromatic heterocycles. The monoisotopic (exact) mass is 232 g/mol. The van der Waals surface area contributed by atoms with Crippen LogP contribution >= 0.6 is 0 Å². The molecule has 1 aromatic carbocycles. The first kappa shape index (κ1) is 11.1. The van der Waals surface area contributed by atoms with Crippen LogP contribution in [0.25, 0.3) is 0 Å². The molecule has 0 heterocycles. The van der Waals surface area contributed by atoms with Crippen LogP contribution in [-0.4, -0.2) is 5.78 Å². The minimum Gasteiger partial charge on any atom is -0.294 e. The minimum atomic E-state index is -4.62. The number of benzene rings is 1. The van der Waals surface area contributed by atoms with Gasteiger partial charge in [0.15, 0.2) is 5.78 Å². The number of carbonyl (C=O) groups is 1. The maximum absolute atomic E-state index is 13.4. The van der Waals surface area contributed by atoms with E-state index in [9.17, 15) is 22.4 Å². The predicted octanol–water partition coefficient (Wildman–Crippen LogP) is 3.36. The van der Waals surface area contributed by atoms with Gasteiger partial charge in [0.25, 0.3) is 0 Å². The highest BCUT2D eigenvalue weighted by molar-refractivity contribution is 5.98. The van der Waals surface area contributed by atoms with E-state index in [1.807, 2.05) is 0 Å². The summed E-state index contributed by atoms with van der Waals surface area (Å²) in [5.74, 6) is -1.34. The number of ketones is 1. The summed E-state index contributed by atoms with van der Waals surface area (Å²) in [5.41, 5.74) is -1.10. The van der Waals surface area contributed by atoms with E-state index >= 15 is 0 Å². The molecule has 0 amide bonds. The van der Waals surface area contributed by atoms with Gasteiger partial charge < -0.3 is 0 Å². The highest BCUT2D eigenvalue weighted by Gasteiger charge is 2.33. The molecule has 0 saturated heterocycles. The zero-order chi connectivity index (χ0) is 11.9. The van der Waals surface area contributed by atoms with Gasteiger partial charge in [-0.3, -0.25) is 4.79 Å². The van der Waals surface area contributed by atoms with Gasteiger partial charge in [0.1, 0.15) is 5.82 Å². The van der Waals surface area contributed by atoms with E-state index in [1.54, 1.807) is 0 Å². The number of halogens is 4. The lowest BCUT2D eigenvalue weighted by atomic mass is 9.89. The molecule has 0 N–H and O–H groups in total. The summed E-state index contributed by atoms with van der Waals surface area (Å²) in [6.45, 7) is 0. The average Bonchev–Trinajstić information content (AvgIpc) is 2.18. The van der Waals surface area contributed by atoms with Crippen molar-refractivity contribution in [3.63, 3.8) is 0 Å². The lowest BCUT2D eigenvalue weighted by Gasteiger charge is -2.17. The van der Waals surface area contributed by atoms with Crippen LogP contribution in [0.2, 0.25) is 0 Å². The SMILES string of the molecule is O=C1CCCc2c(F)cc(C(F)(F)F)cc21. The lowest BCUT2D eigenvalue weighted by molar-refractivity contribution is -0.137. The number of Topliss-reactive ketones (excluding diaryl/α,β-unsaturated/α-hetero) is 1. The number of hydrogen-bond donors (Lipinski definition) is 0. The number of rotatable bonds is 0. The highest BCUT2D eigenvalue weighted by atomic mass is 19.4. The number of alkyl halides is 3. The van der Waals surface area contributed by atoms with Gasteiger partial charge >= 0.3 is 6.18 Å². The highest BCUT2D eigenvalue weighted by Crippen LogP contribution is 2.34. The molecule has 0 radical (unpaired) electrons. The molecule has 1 aromatic rings. The molecule has 16 heavy (non-hydrogen) atoms. The molecule has 0 spiro atoms. The molecular weight excluding hydrogens is 224 g/mol. The van der Waals surface area contributed by atoms with Crippen LogP contribution < -0.4 is 0 Å². The van der Waals surface area contributed by atoms with E-state index in [0.717, 1.165) is 6.07 Å². The second kappa shape index (κ2) is 3.57. The Labute approximate surface area is 89.1 Å². The van der Waals surface area contributed by atoms with Crippen molar-refractivity contribution in [1.29, 1.82) is 0 Å². The van der Waals surface area contributed by atoms with Crippen molar-refractivity contribution in [1.82, 2.24) is 0 Å². The first-order chi connectivity index (χ1) is 7.39. The van der Waals surface area contributed by atoms with E-state index in [0.29, 0.717) is 18.9 Å². The molecule has 0 atom stereocenters. The summed E-state index contributed by atoms with van der Waals surface area (Å²) in [6, 6.07) is 1.21. The van der Waals surface area contributed by atoms with Crippen molar-refractivity contribution >= 4 is 5.78 Å². The van der Waals surface area contributed by atoms with Gasteiger partial charge in [-0.05, 0) is 30.5 Å². The summed E-state index contributed by atoms with van der Waals surface area (Å²) in [6.07, 6.45) is -3.61. The second-order valence-electron chi connectivity index (χ2n) is 3.76. The van der Waals surface area contributed by atoms with Gasteiger partial charge in [-0.25, -0.2) is 4.39 Å². The second-order valence-corrected chi connectivity index (χ2v) is 3.76. The normalized spacial score (nSPS) is 16.1. The van der Waals surface area contributed by atoms with Crippen LogP contribution in [0.5, 0.6) is 0 Å². The Balaban J connectivity index is 2.60. The maximum atomic E-state index is 13.4. The van der Waals surface area contributed by atoms with E-state index in [4.69, 9.17) is 0 Å². The van der Waals surface area contributed by atoms with Gasteiger partial charge in [0.05, 0.1) is 5.56 Å². The first-order valence-electron chi connectivity index (χ1n) is 4.82. The molecule has 2 rings (SSSR count). The third-order valence-corrected chi connectivity index (χ3v) is 2.65. The van der Waals surface area contributed by atoms with Gasteiger partial charge in [-0.2, -0.15) is 13.2 Å². The Morgan fingerprint density at radius 3 is 2.44 bits per heavy atom. The Kier molecular flexibility index (Phi) is 2.48. The fraction of sp³-hybridized carbons (Fsp3) is 0.364. The average molecular weight is 232 g/mol. The molecular formula is C11H8F4O. The van der Waals surface area contributed by atoms with Crippen LogP contribution in [0, 0.1) is 5.82 Å². The van der Waals surface area contributed by atoms with Crippen molar-refractivity contribution in [2.24, 2.45) is 0 Å². The van der Waals surface area contributed by atoms with Crippen molar-refractivity contribution in [3.8, 4) is 0 Å². The van der Waals surface area contributed by atoms with E-state index in [2.05, 4.69) is 0 Å². The molecule has 5 heteroatoms. The summed E-state index contributed by atoms with van der Waals surface area (Å²) < 4.78 is 50.5. The van der Waals surface area contributed by atoms with Gasteiger partial charge in [-0.15, -0.1) is 0 Å².